The highest BCUT2D eigenvalue weighted by molar-refractivity contribution is 5.25. The van der Waals surface area contributed by atoms with Crippen molar-refractivity contribution >= 4 is 0 Å². The third kappa shape index (κ3) is 4.32. The molecule has 0 spiro atoms. The normalized spacial score (nSPS) is 21.2. The summed E-state index contributed by atoms with van der Waals surface area (Å²) in [6.07, 6.45) is 7.65. The van der Waals surface area contributed by atoms with Crippen molar-refractivity contribution in [3.63, 3.8) is 0 Å². The molecule has 1 N–H and O–H groups in total. The molecule has 2 aliphatic rings. The highest BCUT2D eigenvalue weighted by Crippen LogP contribution is 2.30. The smallest absolute Gasteiger partial charge is 0.108 e. The number of hydrogen-bond donors (Lipinski definition) is 1. The Balaban J connectivity index is 1.26. The molecule has 2 heterocycles. The third-order valence-corrected chi connectivity index (χ3v) is 5.28. The van der Waals surface area contributed by atoms with Crippen LogP contribution in [0.5, 0.6) is 0 Å². The SMILES string of the molecule is c1cc2c(o1)CCCC2NCc1ccc(COC2CCOCC2)cc1. The fraction of sp³-hybridized carbons (Fsp3) is 0.524. The van der Waals surface area contributed by atoms with E-state index in [1.165, 1.54) is 29.5 Å². The third-order valence-electron chi connectivity index (χ3n) is 5.28. The summed E-state index contributed by atoms with van der Waals surface area (Å²) in [4.78, 5) is 0. The van der Waals surface area contributed by atoms with Gasteiger partial charge in [-0.1, -0.05) is 24.3 Å². The second kappa shape index (κ2) is 8.17. The first kappa shape index (κ1) is 16.8. The lowest BCUT2D eigenvalue weighted by atomic mass is 9.93. The minimum Gasteiger partial charge on any atom is -0.469 e. The standard InChI is InChI=1S/C21H27NO3/c1-2-20(19-10-13-24-21(19)3-1)22-14-16-4-6-17(7-5-16)15-25-18-8-11-23-12-9-18/h4-7,10,13,18,20,22H,1-3,8-9,11-12,14-15H2. The maximum Gasteiger partial charge on any atom is 0.108 e. The second-order valence-corrected chi connectivity index (χ2v) is 7.06. The predicted octanol–water partition coefficient (Wildman–Crippen LogP) is 4.14. The van der Waals surface area contributed by atoms with Crippen molar-refractivity contribution in [2.24, 2.45) is 0 Å². The minimum atomic E-state index is 0.352. The largest absolute Gasteiger partial charge is 0.469 e. The van der Waals surface area contributed by atoms with Crippen molar-refractivity contribution < 1.29 is 13.9 Å². The molecule has 0 radical (unpaired) electrons. The van der Waals surface area contributed by atoms with E-state index >= 15 is 0 Å². The molecule has 25 heavy (non-hydrogen) atoms. The summed E-state index contributed by atoms with van der Waals surface area (Å²) in [5.41, 5.74) is 3.89. The van der Waals surface area contributed by atoms with Gasteiger partial charge in [0.1, 0.15) is 5.76 Å². The Bertz CT molecular complexity index is 658. The van der Waals surface area contributed by atoms with Gasteiger partial charge in [0, 0.05) is 37.8 Å². The monoisotopic (exact) mass is 341 g/mol. The fourth-order valence-corrected chi connectivity index (χ4v) is 3.75. The highest BCUT2D eigenvalue weighted by atomic mass is 16.5. The molecule has 2 aromatic rings. The van der Waals surface area contributed by atoms with Crippen molar-refractivity contribution in [3.05, 3.63) is 59.0 Å². The molecule has 0 amide bonds. The number of furan rings is 1. The van der Waals surface area contributed by atoms with E-state index in [0.29, 0.717) is 18.8 Å². The Kier molecular flexibility index (Phi) is 5.50. The summed E-state index contributed by atoms with van der Waals surface area (Å²) < 4.78 is 16.9. The van der Waals surface area contributed by atoms with Crippen LogP contribution in [0.1, 0.15) is 54.2 Å². The molecule has 134 valence electrons. The maximum atomic E-state index is 5.99. The highest BCUT2D eigenvalue weighted by Gasteiger charge is 2.21. The van der Waals surface area contributed by atoms with E-state index in [1.807, 2.05) is 6.26 Å². The molecule has 1 atom stereocenters. The van der Waals surface area contributed by atoms with Crippen LogP contribution in [0, 0.1) is 0 Å². The first-order valence-corrected chi connectivity index (χ1v) is 9.45. The summed E-state index contributed by atoms with van der Waals surface area (Å²) in [5, 5.41) is 3.68. The van der Waals surface area contributed by atoms with E-state index in [2.05, 4.69) is 35.6 Å². The number of hydrogen-bond acceptors (Lipinski definition) is 4. The molecule has 1 saturated heterocycles. The molecule has 1 aromatic carbocycles. The number of rotatable bonds is 6. The predicted molar refractivity (Wildman–Crippen MR) is 96.3 cm³/mol. The molecule has 4 heteroatoms. The van der Waals surface area contributed by atoms with E-state index in [9.17, 15) is 0 Å². The van der Waals surface area contributed by atoms with E-state index in [0.717, 1.165) is 44.8 Å². The zero-order valence-electron chi connectivity index (χ0n) is 14.7. The van der Waals surface area contributed by atoms with Crippen molar-refractivity contribution in [3.8, 4) is 0 Å². The Morgan fingerprint density at radius 2 is 1.80 bits per heavy atom. The van der Waals surface area contributed by atoms with Gasteiger partial charge in [0.05, 0.1) is 19.0 Å². The molecule has 1 aromatic heterocycles. The van der Waals surface area contributed by atoms with Crippen LogP contribution in [0.3, 0.4) is 0 Å². The van der Waals surface area contributed by atoms with Crippen LogP contribution >= 0.6 is 0 Å². The van der Waals surface area contributed by atoms with Crippen molar-refractivity contribution in [2.45, 2.75) is 57.4 Å². The van der Waals surface area contributed by atoms with E-state index in [4.69, 9.17) is 13.9 Å². The molecule has 4 nitrogen and oxygen atoms in total. The van der Waals surface area contributed by atoms with Gasteiger partial charge in [0.15, 0.2) is 0 Å². The summed E-state index contributed by atoms with van der Waals surface area (Å²) in [6.45, 7) is 3.24. The fourth-order valence-electron chi connectivity index (χ4n) is 3.75. The quantitative estimate of drug-likeness (QED) is 0.857. The Hall–Kier alpha value is -1.62. The van der Waals surface area contributed by atoms with Gasteiger partial charge in [-0.15, -0.1) is 0 Å². The van der Waals surface area contributed by atoms with Crippen LogP contribution in [-0.4, -0.2) is 19.3 Å². The van der Waals surface area contributed by atoms with Crippen molar-refractivity contribution in [2.75, 3.05) is 13.2 Å². The lowest BCUT2D eigenvalue weighted by molar-refractivity contribution is -0.0390. The first-order valence-electron chi connectivity index (χ1n) is 9.45. The van der Waals surface area contributed by atoms with Crippen LogP contribution in [0.25, 0.3) is 0 Å². The molecular formula is C21H27NO3. The molecular weight excluding hydrogens is 314 g/mol. The van der Waals surface area contributed by atoms with Crippen molar-refractivity contribution in [1.82, 2.24) is 5.32 Å². The summed E-state index contributed by atoms with van der Waals surface area (Å²) in [7, 11) is 0. The zero-order valence-corrected chi connectivity index (χ0v) is 14.7. The van der Waals surface area contributed by atoms with Gasteiger partial charge < -0.3 is 19.2 Å². The van der Waals surface area contributed by atoms with Crippen molar-refractivity contribution in [1.29, 1.82) is 0 Å². The Morgan fingerprint density at radius 1 is 1.00 bits per heavy atom. The van der Waals surface area contributed by atoms with E-state index in [1.54, 1.807) is 0 Å². The van der Waals surface area contributed by atoms with Crippen LogP contribution in [0.2, 0.25) is 0 Å². The maximum absolute atomic E-state index is 5.99. The van der Waals surface area contributed by atoms with Crippen LogP contribution in [-0.2, 0) is 29.0 Å². The molecule has 1 aliphatic heterocycles. The average molecular weight is 341 g/mol. The zero-order chi connectivity index (χ0) is 16.9. The Labute approximate surface area is 149 Å². The summed E-state index contributed by atoms with van der Waals surface area (Å²) in [5.74, 6) is 1.16. The van der Waals surface area contributed by atoms with Gasteiger partial charge in [-0.2, -0.15) is 0 Å². The van der Waals surface area contributed by atoms with Gasteiger partial charge in [-0.3, -0.25) is 0 Å². The number of ether oxygens (including phenoxy) is 2. The van der Waals surface area contributed by atoms with Gasteiger partial charge in [0.2, 0.25) is 0 Å². The average Bonchev–Trinajstić information content (AvgIpc) is 3.16. The Morgan fingerprint density at radius 3 is 2.64 bits per heavy atom. The minimum absolute atomic E-state index is 0.352. The van der Waals surface area contributed by atoms with Crippen LogP contribution in [0.4, 0.5) is 0 Å². The lowest BCUT2D eigenvalue weighted by Crippen LogP contribution is -2.24. The summed E-state index contributed by atoms with van der Waals surface area (Å²) in [6, 6.07) is 11.3. The first-order chi connectivity index (χ1) is 12.4. The molecule has 1 fully saturated rings. The molecule has 0 bridgehead atoms. The van der Waals surface area contributed by atoms with Gasteiger partial charge in [-0.25, -0.2) is 0 Å². The van der Waals surface area contributed by atoms with E-state index < -0.39 is 0 Å². The molecule has 0 saturated carbocycles. The van der Waals surface area contributed by atoms with Gasteiger partial charge >= 0.3 is 0 Å². The van der Waals surface area contributed by atoms with Crippen LogP contribution in [0.15, 0.2) is 41.0 Å². The topological polar surface area (TPSA) is 43.6 Å². The van der Waals surface area contributed by atoms with Crippen LogP contribution < -0.4 is 5.32 Å². The lowest BCUT2D eigenvalue weighted by Gasteiger charge is -2.23. The number of fused-ring (bicyclic) bond motifs is 1. The summed E-state index contributed by atoms with van der Waals surface area (Å²) >= 11 is 0. The number of benzene rings is 1. The molecule has 4 rings (SSSR count). The number of nitrogens with one attached hydrogen (secondary N) is 1. The molecule has 1 unspecified atom stereocenters. The van der Waals surface area contributed by atoms with Gasteiger partial charge in [0.25, 0.3) is 0 Å². The molecule has 1 aliphatic carbocycles. The number of aryl methyl sites for hydroxylation is 1. The second-order valence-electron chi connectivity index (χ2n) is 7.06. The van der Waals surface area contributed by atoms with Gasteiger partial charge in [-0.05, 0) is 42.9 Å². The van der Waals surface area contributed by atoms with E-state index in [-0.39, 0.29) is 0 Å².